The summed E-state index contributed by atoms with van der Waals surface area (Å²) < 4.78 is 5.04. The van der Waals surface area contributed by atoms with Crippen molar-refractivity contribution in [1.82, 2.24) is 16.2 Å². The number of methoxy groups -OCH3 is 1. The quantitative estimate of drug-likeness (QED) is 0.360. The average molecular weight is 310 g/mol. The van der Waals surface area contributed by atoms with Crippen LogP contribution in [0, 0.1) is 0 Å². The lowest BCUT2D eigenvalue weighted by Crippen LogP contribution is -2.47. The predicted octanol–water partition coefficient (Wildman–Crippen LogP) is 0.539. The number of anilines is 1. The molecule has 2 amide bonds. The fourth-order valence-electron chi connectivity index (χ4n) is 1.43. The van der Waals surface area contributed by atoms with E-state index in [2.05, 4.69) is 21.5 Å². The monoisotopic (exact) mass is 310 g/mol. The van der Waals surface area contributed by atoms with E-state index in [0.29, 0.717) is 23.1 Å². The summed E-state index contributed by atoms with van der Waals surface area (Å²) in [6.07, 6.45) is -0.320. The van der Waals surface area contributed by atoms with Crippen molar-refractivity contribution in [2.24, 2.45) is 0 Å². The van der Waals surface area contributed by atoms with Gasteiger partial charge in [-0.2, -0.15) is 0 Å². The lowest BCUT2D eigenvalue weighted by molar-refractivity contribution is -0.127. The number of carbonyl (C=O) groups is 2. The summed E-state index contributed by atoms with van der Waals surface area (Å²) in [5, 5.41) is 5.69. The molecule has 0 saturated heterocycles. The zero-order valence-corrected chi connectivity index (χ0v) is 12.7. The Balaban J connectivity index is 2.38. The Hall–Kier alpha value is -2.35. The van der Waals surface area contributed by atoms with Gasteiger partial charge in [-0.25, -0.2) is 0 Å². The molecule has 0 aliphatic heterocycles. The highest BCUT2D eigenvalue weighted by Crippen LogP contribution is 2.16. The van der Waals surface area contributed by atoms with E-state index in [9.17, 15) is 9.59 Å². The molecule has 0 heterocycles. The first-order valence-electron chi connectivity index (χ1n) is 6.31. The van der Waals surface area contributed by atoms with Gasteiger partial charge in [-0.15, -0.1) is 0 Å². The van der Waals surface area contributed by atoms with Crippen molar-refractivity contribution < 1.29 is 14.3 Å². The number of benzene rings is 1. The first kappa shape index (κ1) is 16.7. The second kappa shape index (κ2) is 8.75. The number of nitrogens with one attached hydrogen (secondary N) is 4. The van der Waals surface area contributed by atoms with Crippen LogP contribution < -0.4 is 26.2 Å². The van der Waals surface area contributed by atoms with Crippen LogP contribution >= 0.6 is 12.2 Å². The Morgan fingerprint density at radius 1 is 1.24 bits per heavy atom. The van der Waals surface area contributed by atoms with E-state index < -0.39 is 11.8 Å². The molecule has 0 radical (unpaired) electrons. The van der Waals surface area contributed by atoms with Gasteiger partial charge in [0.25, 0.3) is 0 Å². The molecule has 0 unspecified atom stereocenters. The summed E-state index contributed by atoms with van der Waals surface area (Å²) in [5.74, 6) is -0.303. The zero-order chi connectivity index (χ0) is 15.7. The summed E-state index contributed by atoms with van der Waals surface area (Å²) in [6.45, 7) is 2.51. The SMILES string of the molecule is CCNC(=S)NNC(=O)CC(=O)Nc1cccc(OC)c1. The topological polar surface area (TPSA) is 91.5 Å². The van der Waals surface area contributed by atoms with Crippen LogP contribution in [-0.2, 0) is 9.59 Å². The highest BCUT2D eigenvalue weighted by molar-refractivity contribution is 7.80. The normalized spacial score (nSPS) is 9.43. The van der Waals surface area contributed by atoms with Gasteiger partial charge in [0.1, 0.15) is 12.2 Å². The first-order chi connectivity index (χ1) is 10.0. The van der Waals surface area contributed by atoms with Crippen molar-refractivity contribution in [3.63, 3.8) is 0 Å². The second-order valence-corrected chi connectivity index (χ2v) is 4.40. The van der Waals surface area contributed by atoms with Crippen molar-refractivity contribution in [2.45, 2.75) is 13.3 Å². The van der Waals surface area contributed by atoms with Crippen LogP contribution in [0.15, 0.2) is 24.3 Å². The minimum absolute atomic E-state index is 0.291. The molecular weight excluding hydrogens is 292 g/mol. The van der Waals surface area contributed by atoms with E-state index in [4.69, 9.17) is 17.0 Å². The molecule has 0 atom stereocenters. The second-order valence-electron chi connectivity index (χ2n) is 3.99. The molecule has 8 heteroatoms. The van der Waals surface area contributed by atoms with Crippen molar-refractivity contribution in [2.75, 3.05) is 19.0 Å². The van der Waals surface area contributed by atoms with Crippen LogP contribution in [0.1, 0.15) is 13.3 Å². The maximum Gasteiger partial charge on any atom is 0.247 e. The molecule has 114 valence electrons. The minimum atomic E-state index is -0.490. The van der Waals surface area contributed by atoms with Crippen LogP contribution in [0.25, 0.3) is 0 Å². The van der Waals surface area contributed by atoms with Gasteiger partial charge in [0.15, 0.2) is 5.11 Å². The average Bonchev–Trinajstić information content (AvgIpc) is 2.45. The zero-order valence-electron chi connectivity index (χ0n) is 11.9. The van der Waals surface area contributed by atoms with Crippen LogP contribution in [0.5, 0.6) is 5.75 Å². The number of ether oxygens (including phenoxy) is 1. The largest absolute Gasteiger partial charge is 0.497 e. The molecule has 21 heavy (non-hydrogen) atoms. The maximum absolute atomic E-state index is 11.7. The third-order valence-corrected chi connectivity index (χ3v) is 2.57. The van der Waals surface area contributed by atoms with Gasteiger partial charge in [0, 0.05) is 18.3 Å². The Labute approximate surface area is 128 Å². The Kier molecular flexibility index (Phi) is 6.96. The molecule has 1 aromatic rings. The van der Waals surface area contributed by atoms with Gasteiger partial charge < -0.3 is 15.4 Å². The fraction of sp³-hybridized carbons (Fsp3) is 0.308. The van der Waals surface area contributed by atoms with E-state index in [1.54, 1.807) is 24.3 Å². The number of amides is 2. The van der Waals surface area contributed by atoms with Crippen molar-refractivity contribution in [3.8, 4) is 5.75 Å². The molecule has 0 saturated carbocycles. The maximum atomic E-state index is 11.7. The smallest absolute Gasteiger partial charge is 0.247 e. The molecule has 1 aromatic carbocycles. The van der Waals surface area contributed by atoms with Gasteiger partial charge in [-0.3, -0.25) is 20.4 Å². The highest BCUT2D eigenvalue weighted by atomic mass is 32.1. The van der Waals surface area contributed by atoms with E-state index in [1.807, 2.05) is 6.92 Å². The minimum Gasteiger partial charge on any atom is -0.497 e. The number of thiocarbonyl (C=S) groups is 1. The highest BCUT2D eigenvalue weighted by Gasteiger charge is 2.10. The lowest BCUT2D eigenvalue weighted by Gasteiger charge is -2.10. The summed E-state index contributed by atoms with van der Waals surface area (Å²) in [7, 11) is 1.54. The number of carbonyl (C=O) groups excluding carboxylic acids is 2. The molecule has 0 aliphatic carbocycles. The molecule has 0 aliphatic rings. The third kappa shape index (κ3) is 6.57. The van der Waals surface area contributed by atoms with Gasteiger partial charge in [0.2, 0.25) is 11.8 Å². The molecule has 0 spiro atoms. The lowest BCUT2D eigenvalue weighted by atomic mass is 10.3. The van der Waals surface area contributed by atoms with Crippen molar-refractivity contribution in [1.29, 1.82) is 0 Å². The number of hydrogen-bond acceptors (Lipinski definition) is 4. The number of rotatable bonds is 5. The number of hydrogen-bond donors (Lipinski definition) is 4. The van der Waals surface area contributed by atoms with E-state index in [-0.39, 0.29) is 6.42 Å². The van der Waals surface area contributed by atoms with Crippen LogP contribution in [0.2, 0.25) is 0 Å². The standard InChI is InChI=1S/C13H18N4O3S/c1-3-14-13(21)17-16-12(19)8-11(18)15-9-5-4-6-10(7-9)20-2/h4-7H,3,8H2,1-2H3,(H,15,18)(H,16,19)(H2,14,17,21). The third-order valence-electron chi connectivity index (χ3n) is 2.33. The molecular formula is C13H18N4O3S. The molecule has 0 aromatic heterocycles. The Bertz CT molecular complexity index is 522. The van der Waals surface area contributed by atoms with Gasteiger partial charge in [-0.05, 0) is 31.3 Å². The van der Waals surface area contributed by atoms with Crippen LogP contribution in [-0.4, -0.2) is 30.6 Å². The van der Waals surface area contributed by atoms with Crippen molar-refractivity contribution in [3.05, 3.63) is 24.3 Å². The molecule has 4 N–H and O–H groups in total. The van der Waals surface area contributed by atoms with E-state index in [0.717, 1.165) is 0 Å². The van der Waals surface area contributed by atoms with Gasteiger partial charge in [-0.1, -0.05) is 6.07 Å². The molecule has 0 fully saturated rings. The van der Waals surface area contributed by atoms with Gasteiger partial charge >= 0.3 is 0 Å². The fourth-order valence-corrected chi connectivity index (χ4v) is 1.62. The Morgan fingerprint density at radius 3 is 2.67 bits per heavy atom. The summed E-state index contributed by atoms with van der Waals surface area (Å²) in [5.41, 5.74) is 5.38. The first-order valence-corrected chi connectivity index (χ1v) is 6.72. The molecule has 0 bridgehead atoms. The molecule has 1 rings (SSSR count). The summed E-state index contributed by atoms with van der Waals surface area (Å²) in [4.78, 5) is 23.2. The van der Waals surface area contributed by atoms with E-state index in [1.165, 1.54) is 7.11 Å². The summed E-state index contributed by atoms with van der Waals surface area (Å²) in [6, 6.07) is 6.87. The van der Waals surface area contributed by atoms with Gasteiger partial charge in [0.05, 0.1) is 7.11 Å². The van der Waals surface area contributed by atoms with Crippen LogP contribution in [0.3, 0.4) is 0 Å². The van der Waals surface area contributed by atoms with Crippen LogP contribution in [0.4, 0.5) is 5.69 Å². The summed E-state index contributed by atoms with van der Waals surface area (Å²) >= 11 is 4.87. The van der Waals surface area contributed by atoms with Crippen molar-refractivity contribution >= 4 is 34.8 Å². The molecule has 7 nitrogen and oxygen atoms in total. The Morgan fingerprint density at radius 2 is 2.00 bits per heavy atom. The van der Waals surface area contributed by atoms with E-state index >= 15 is 0 Å². The predicted molar refractivity (Wildman–Crippen MR) is 83.8 cm³/mol. The number of hydrazine groups is 1.